The molecule has 1 saturated heterocycles. The number of ether oxygens (including phenoxy) is 1. The van der Waals surface area contributed by atoms with Gasteiger partial charge in [0, 0.05) is 25.2 Å². The van der Waals surface area contributed by atoms with E-state index < -0.39 is 0 Å². The number of unbranched alkanes of at least 4 members (excludes halogenated alkanes) is 1. The van der Waals surface area contributed by atoms with Crippen molar-refractivity contribution in [2.24, 2.45) is 5.73 Å². The lowest BCUT2D eigenvalue weighted by molar-refractivity contribution is -0.0144. The Bertz CT molecular complexity index is 177. The van der Waals surface area contributed by atoms with Crippen LogP contribution in [-0.4, -0.2) is 43.4 Å². The van der Waals surface area contributed by atoms with Crippen molar-refractivity contribution in [1.29, 1.82) is 0 Å². The second-order valence-corrected chi connectivity index (χ2v) is 4.65. The van der Waals surface area contributed by atoms with E-state index in [-0.39, 0.29) is 5.54 Å². The smallest absolute Gasteiger partial charge is 0.0608 e. The van der Waals surface area contributed by atoms with E-state index in [1.165, 1.54) is 12.8 Å². The average molecular weight is 229 g/mol. The zero-order valence-electron chi connectivity index (χ0n) is 10.8. The molecule has 0 bridgehead atoms. The number of hydrogen-bond donors (Lipinski definition) is 2. The predicted molar refractivity (Wildman–Crippen MR) is 67.1 cm³/mol. The molecule has 4 heteroatoms. The molecule has 16 heavy (non-hydrogen) atoms. The first-order chi connectivity index (χ1) is 7.76. The maximum atomic E-state index is 5.96. The Morgan fingerprint density at radius 2 is 2.00 bits per heavy atom. The van der Waals surface area contributed by atoms with Gasteiger partial charge in [-0.25, -0.2) is 10.4 Å². The second kappa shape index (κ2) is 7.22. The Labute approximate surface area is 99.5 Å². The van der Waals surface area contributed by atoms with E-state index in [0.717, 1.165) is 39.1 Å². The monoisotopic (exact) mass is 229 g/mol. The van der Waals surface area contributed by atoms with Gasteiger partial charge in [-0.2, -0.15) is 0 Å². The van der Waals surface area contributed by atoms with E-state index in [9.17, 15) is 0 Å². The van der Waals surface area contributed by atoms with Crippen molar-refractivity contribution in [3.05, 3.63) is 0 Å². The van der Waals surface area contributed by atoms with E-state index in [1.54, 1.807) is 0 Å². The molecule has 1 aliphatic rings. The molecule has 0 aromatic carbocycles. The highest BCUT2D eigenvalue weighted by molar-refractivity contribution is 4.87. The van der Waals surface area contributed by atoms with Crippen molar-refractivity contribution in [2.75, 3.05) is 32.8 Å². The maximum absolute atomic E-state index is 5.96. The lowest BCUT2D eigenvalue weighted by atomic mass is 9.90. The summed E-state index contributed by atoms with van der Waals surface area (Å²) >= 11 is 0. The number of hydrogen-bond acceptors (Lipinski definition) is 4. The third-order valence-electron chi connectivity index (χ3n) is 3.48. The highest BCUT2D eigenvalue weighted by Gasteiger charge is 2.28. The molecule has 0 spiro atoms. The summed E-state index contributed by atoms with van der Waals surface area (Å²) in [4.78, 5) is 0. The van der Waals surface area contributed by atoms with Crippen LogP contribution in [0.1, 0.15) is 39.5 Å². The van der Waals surface area contributed by atoms with E-state index in [1.807, 2.05) is 0 Å². The van der Waals surface area contributed by atoms with Crippen LogP contribution in [0.3, 0.4) is 0 Å². The average Bonchev–Trinajstić information content (AvgIpc) is 2.36. The second-order valence-electron chi connectivity index (χ2n) is 4.65. The molecule has 1 heterocycles. The van der Waals surface area contributed by atoms with Crippen molar-refractivity contribution in [2.45, 2.75) is 45.1 Å². The van der Waals surface area contributed by atoms with Crippen molar-refractivity contribution in [3.63, 3.8) is 0 Å². The predicted octanol–water partition coefficient (Wildman–Crippen LogP) is 1.12. The molecule has 0 saturated carbocycles. The summed E-state index contributed by atoms with van der Waals surface area (Å²) in [6.45, 7) is 8.74. The minimum absolute atomic E-state index is 0.0906. The molecule has 96 valence electrons. The first-order valence-electron chi connectivity index (χ1n) is 6.57. The van der Waals surface area contributed by atoms with E-state index >= 15 is 0 Å². The van der Waals surface area contributed by atoms with Crippen LogP contribution in [0.15, 0.2) is 0 Å². The van der Waals surface area contributed by atoms with E-state index in [4.69, 9.17) is 10.5 Å². The molecular formula is C12H27N3O. The van der Waals surface area contributed by atoms with E-state index in [2.05, 4.69) is 24.3 Å². The highest BCUT2D eigenvalue weighted by Crippen LogP contribution is 2.18. The van der Waals surface area contributed by atoms with Crippen molar-refractivity contribution in [1.82, 2.24) is 10.4 Å². The van der Waals surface area contributed by atoms with Crippen LogP contribution in [0.5, 0.6) is 0 Å². The molecule has 1 atom stereocenters. The van der Waals surface area contributed by atoms with Gasteiger partial charge in [0.2, 0.25) is 0 Å². The Hall–Kier alpha value is -0.160. The number of rotatable bonds is 7. The first-order valence-corrected chi connectivity index (χ1v) is 6.57. The van der Waals surface area contributed by atoms with Gasteiger partial charge in [-0.1, -0.05) is 26.7 Å². The highest BCUT2D eigenvalue weighted by atomic mass is 16.5. The van der Waals surface area contributed by atoms with Crippen LogP contribution in [-0.2, 0) is 4.74 Å². The van der Waals surface area contributed by atoms with Gasteiger partial charge in [-0.15, -0.1) is 0 Å². The van der Waals surface area contributed by atoms with Gasteiger partial charge in [-0.3, -0.25) is 0 Å². The molecule has 0 radical (unpaired) electrons. The number of nitrogens with one attached hydrogen (secondary N) is 1. The lowest BCUT2D eigenvalue weighted by Gasteiger charge is -2.40. The largest absolute Gasteiger partial charge is 0.379 e. The molecule has 0 aliphatic carbocycles. The summed E-state index contributed by atoms with van der Waals surface area (Å²) in [6.07, 6.45) is 4.71. The SMILES string of the molecule is CCCCC(CC)(CN)NN1CCOCC1. The van der Waals surface area contributed by atoms with E-state index in [0.29, 0.717) is 6.54 Å². The Balaban J connectivity index is 2.46. The topological polar surface area (TPSA) is 50.5 Å². The van der Waals surface area contributed by atoms with Gasteiger partial charge < -0.3 is 10.5 Å². The fourth-order valence-corrected chi connectivity index (χ4v) is 2.13. The number of hydrazine groups is 1. The minimum Gasteiger partial charge on any atom is -0.379 e. The Morgan fingerprint density at radius 3 is 2.50 bits per heavy atom. The first kappa shape index (κ1) is 13.9. The third-order valence-corrected chi connectivity index (χ3v) is 3.48. The van der Waals surface area contributed by atoms with Gasteiger partial charge in [-0.05, 0) is 12.8 Å². The number of morpholine rings is 1. The summed E-state index contributed by atoms with van der Waals surface area (Å²) in [5.41, 5.74) is 9.68. The number of nitrogens with two attached hydrogens (primary N) is 1. The van der Waals surface area contributed by atoms with Crippen LogP contribution in [0, 0.1) is 0 Å². The van der Waals surface area contributed by atoms with Gasteiger partial charge in [0.15, 0.2) is 0 Å². The molecule has 4 nitrogen and oxygen atoms in total. The lowest BCUT2D eigenvalue weighted by Crippen LogP contribution is -2.60. The Kier molecular flexibility index (Phi) is 6.28. The zero-order valence-corrected chi connectivity index (χ0v) is 10.8. The maximum Gasteiger partial charge on any atom is 0.0608 e. The molecule has 1 fully saturated rings. The molecular weight excluding hydrogens is 202 g/mol. The molecule has 0 aromatic heterocycles. The van der Waals surface area contributed by atoms with Crippen LogP contribution < -0.4 is 11.2 Å². The van der Waals surface area contributed by atoms with Crippen LogP contribution in [0.4, 0.5) is 0 Å². The molecule has 1 aliphatic heterocycles. The summed E-state index contributed by atoms with van der Waals surface area (Å²) in [5, 5.41) is 2.27. The Morgan fingerprint density at radius 1 is 1.31 bits per heavy atom. The molecule has 1 rings (SSSR count). The van der Waals surface area contributed by atoms with Gasteiger partial charge >= 0.3 is 0 Å². The van der Waals surface area contributed by atoms with Gasteiger partial charge in [0.25, 0.3) is 0 Å². The fraction of sp³-hybridized carbons (Fsp3) is 1.00. The number of nitrogens with zero attached hydrogens (tertiary/aromatic N) is 1. The molecule has 3 N–H and O–H groups in total. The molecule has 0 amide bonds. The quantitative estimate of drug-likeness (QED) is 0.687. The molecule has 1 unspecified atom stereocenters. The zero-order chi connectivity index (χ0) is 11.9. The summed E-state index contributed by atoms with van der Waals surface area (Å²) in [7, 11) is 0. The normalized spacial score (nSPS) is 21.9. The summed E-state index contributed by atoms with van der Waals surface area (Å²) in [5.74, 6) is 0. The third kappa shape index (κ3) is 4.01. The van der Waals surface area contributed by atoms with Gasteiger partial charge in [0.1, 0.15) is 0 Å². The van der Waals surface area contributed by atoms with Crippen LogP contribution >= 0.6 is 0 Å². The fourth-order valence-electron chi connectivity index (χ4n) is 2.13. The van der Waals surface area contributed by atoms with Crippen molar-refractivity contribution < 1.29 is 4.74 Å². The standard InChI is InChI=1S/C12H27N3O/c1-3-5-6-12(4-2,11-13)14-15-7-9-16-10-8-15/h14H,3-11,13H2,1-2H3. The van der Waals surface area contributed by atoms with Crippen LogP contribution in [0.2, 0.25) is 0 Å². The summed E-state index contributed by atoms with van der Waals surface area (Å²) < 4.78 is 5.35. The van der Waals surface area contributed by atoms with Crippen molar-refractivity contribution in [3.8, 4) is 0 Å². The van der Waals surface area contributed by atoms with Crippen molar-refractivity contribution >= 4 is 0 Å². The minimum atomic E-state index is 0.0906. The molecule has 0 aromatic rings. The van der Waals surface area contributed by atoms with Crippen LogP contribution in [0.25, 0.3) is 0 Å². The summed E-state index contributed by atoms with van der Waals surface area (Å²) in [6, 6.07) is 0. The van der Waals surface area contributed by atoms with Gasteiger partial charge in [0.05, 0.1) is 13.2 Å².